The molecule has 84 valence electrons. The Kier molecular flexibility index (Phi) is 2.81. The zero-order valence-corrected chi connectivity index (χ0v) is 9.57. The highest BCUT2D eigenvalue weighted by atomic mass is 15.2. The molecule has 0 saturated carbocycles. The van der Waals surface area contributed by atoms with Crippen LogP contribution in [0.4, 0.5) is 11.6 Å². The number of nitrogens with zero attached hydrogens (tertiary/aromatic N) is 2. The van der Waals surface area contributed by atoms with Crippen LogP contribution in [0.5, 0.6) is 0 Å². The molecule has 1 heterocycles. The van der Waals surface area contributed by atoms with Crippen molar-refractivity contribution in [1.29, 1.82) is 0 Å². The van der Waals surface area contributed by atoms with E-state index in [0.29, 0.717) is 0 Å². The Morgan fingerprint density at radius 2 is 2.25 bits per heavy atom. The molecule has 1 aromatic heterocycles. The van der Waals surface area contributed by atoms with Crippen LogP contribution in [0, 0.1) is 6.92 Å². The number of anilines is 2. The minimum absolute atomic E-state index is 0.738. The van der Waals surface area contributed by atoms with Gasteiger partial charge < -0.3 is 15.6 Å². The van der Waals surface area contributed by atoms with E-state index in [4.69, 9.17) is 5.73 Å². The second-order valence-corrected chi connectivity index (χ2v) is 3.85. The lowest BCUT2D eigenvalue weighted by atomic mass is 10.1. The second-order valence-electron chi connectivity index (χ2n) is 3.85. The molecule has 4 heteroatoms. The van der Waals surface area contributed by atoms with Crippen LogP contribution in [-0.2, 0) is 13.6 Å². The molecule has 0 aliphatic rings. The van der Waals surface area contributed by atoms with E-state index in [-0.39, 0.29) is 0 Å². The summed E-state index contributed by atoms with van der Waals surface area (Å²) >= 11 is 0. The van der Waals surface area contributed by atoms with Crippen molar-refractivity contribution in [3.63, 3.8) is 0 Å². The number of nitrogens with two attached hydrogens (primary N) is 1. The number of nitrogens with one attached hydrogen (secondary N) is 1. The fourth-order valence-corrected chi connectivity index (χ4v) is 1.61. The second kappa shape index (κ2) is 4.26. The topological polar surface area (TPSA) is 55.9 Å². The number of nitrogen functional groups attached to an aromatic ring is 1. The predicted molar refractivity (Wildman–Crippen MR) is 66.1 cm³/mol. The van der Waals surface area contributed by atoms with Gasteiger partial charge in [-0.15, -0.1) is 0 Å². The van der Waals surface area contributed by atoms with Crippen LogP contribution in [0.1, 0.15) is 11.1 Å². The number of rotatable bonds is 3. The van der Waals surface area contributed by atoms with Gasteiger partial charge in [-0.1, -0.05) is 12.1 Å². The van der Waals surface area contributed by atoms with Crippen LogP contribution in [0.15, 0.2) is 30.6 Å². The summed E-state index contributed by atoms with van der Waals surface area (Å²) in [6.07, 6.45) is 3.68. The molecule has 0 unspecified atom stereocenters. The molecular weight excluding hydrogens is 200 g/mol. The fraction of sp³-hybridized carbons (Fsp3) is 0.250. The molecule has 0 fully saturated rings. The summed E-state index contributed by atoms with van der Waals surface area (Å²) in [5.41, 5.74) is 9.01. The van der Waals surface area contributed by atoms with Crippen LogP contribution in [0.25, 0.3) is 0 Å². The summed E-state index contributed by atoms with van der Waals surface area (Å²) < 4.78 is 1.95. The van der Waals surface area contributed by atoms with Crippen molar-refractivity contribution >= 4 is 11.6 Å². The molecular formula is C12H16N4. The molecule has 0 aliphatic heterocycles. The van der Waals surface area contributed by atoms with E-state index >= 15 is 0 Å². The molecule has 4 nitrogen and oxygen atoms in total. The van der Waals surface area contributed by atoms with Gasteiger partial charge in [-0.2, -0.15) is 0 Å². The van der Waals surface area contributed by atoms with Crippen molar-refractivity contribution in [3.05, 3.63) is 41.7 Å². The Morgan fingerprint density at radius 1 is 1.44 bits per heavy atom. The zero-order chi connectivity index (χ0) is 11.5. The normalized spacial score (nSPS) is 10.4. The van der Waals surface area contributed by atoms with Crippen molar-refractivity contribution in [2.45, 2.75) is 13.5 Å². The van der Waals surface area contributed by atoms with Gasteiger partial charge in [0.2, 0.25) is 5.95 Å². The van der Waals surface area contributed by atoms with E-state index in [9.17, 15) is 0 Å². The van der Waals surface area contributed by atoms with Crippen LogP contribution in [0.3, 0.4) is 0 Å². The third kappa shape index (κ3) is 2.00. The largest absolute Gasteiger partial charge is 0.399 e. The summed E-state index contributed by atoms with van der Waals surface area (Å²) in [4.78, 5) is 4.20. The van der Waals surface area contributed by atoms with Gasteiger partial charge in [-0.05, 0) is 24.1 Å². The molecule has 3 N–H and O–H groups in total. The molecule has 0 radical (unpaired) electrons. The SMILES string of the molecule is Cc1c(N)cccc1CNc1nccn1C. The lowest BCUT2D eigenvalue weighted by molar-refractivity contribution is 0.899. The van der Waals surface area contributed by atoms with E-state index in [1.807, 2.05) is 36.9 Å². The van der Waals surface area contributed by atoms with Crippen molar-refractivity contribution < 1.29 is 0 Å². The zero-order valence-electron chi connectivity index (χ0n) is 9.57. The van der Waals surface area contributed by atoms with Gasteiger partial charge in [0.05, 0.1) is 0 Å². The molecule has 2 rings (SSSR count). The van der Waals surface area contributed by atoms with Crippen molar-refractivity contribution in [2.24, 2.45) is 7.05 Å². The maximum atomic E-state index is 5.85. The molecule has 0 atom stereocenters. The van der Waals surface area contributed by atoms with Gasteiger partial charge in [0.25, 0.3) is 0 Å². The Bertz CT molecular complexity index is 488. The molecule has 0 aliphatic carbocycles. The Hall–Kier alpha value is -1.97. The molecule has 2 aromatic rings. The van der Waals surface area contributed by atoms with Crippen LogP contribution >= 0.6 is 0 Å². The highest BCUT2D eigenvalue weighted by Gasteiger charge is 2.02. The first-order valence-electron chi connectivity index (χ1n) is 5.23. The number of hydrogen-bond donors (Lipinski definition) is 2. The molecule has 0 amide bonds. The van der Waals surface area contributed by atoms with E-state index in [1.165, 1.54) is 5.56 Å². The predicted octanol–water partition coefficient (Wildman–Crippen LogP) is 1.92. The number of aryl methyl sites for hydroxylation is 1. The third-order valence-electron chi connectivity index (χ3n) is 2.75. The smallest absolute Gasteiger partial charge is 0.202 e. The van der Waals surface area contributed by atoms with Gasteiger partial charge >= 0.3 is 0 Å². The maximum Gasteiger partial charge on any atom is 0.202 e. The van der Waals surface area contributed by atoms with Gasteiger partial charge in [0.1, 0.15) is 0 Å². The molecule has 1 aromatic carbocycles. The summed E-state index contributed by atoms with van der Waals surface area (Å²) in [6.45, 7) is 2.77. The van der Waals surface area contributed by atoms with Crippen molar-refractivity contribution in [2.75, 3.05) is 11.1 Å². The highest BCUT2D eigenvalue weighted by molar-refractivity contribution is 5.50. The van der Waals surface area contributed by atoms with Gasteiger partial charge in [-0.25, -0.2) is 4.98 Å². The first-order valence-corrected chi connectivity index (χ1v) is 5.23. The van der Waals surface area contributed by atoms with E-state index < -0.39 is 0 Å². The standard InChI is InChI=1S/C12H16N4/c1-9-10(4-3-5-11(9)13)8-15-12-14-6-7-16(12)2/h3-7H,8,13H2,1-2H3,(H,14,15). The first-order chi connectivity index (χ1) is 7.68. The monoisotopic (exact) mass is 216 g/mol. The van der Waals surface area contributed by atoms with Crippen LogP contribution < -0.4 is 11.1 Å². The molecule has 16 heavy (non-hydrogen) atoms. The Labute approximate surface area is 95.1 Å². The van der Waals surface area contributed by atoms with Crippen LogP contribution in [-0.4, -0.2) is 9.55 Å². The first kappa shape index (κ1) is 10.5. The summed E-state index contributed by atoms with van der Waals surface area (Å²) in [6, 6.07) is 5.96. The summed E-state index contributed by atoms with van der Waals surface area (Å²) in [7, 11) is 1.96. The lowest BCUT2D eigenvalue weighted by Gasteiger charge is -2.10. The summed E-state index contributed by atoms with van der Waals surface area (Å²) in [5, 5.41) is 3.27. The minimum atomic E-state index is 0.738. The average Bonchev–Trinajstić information content (AvgIpc) is 2.67. The van der Waals surface area contributed by atoms with Crippen LogP contribution in [0.2, 0.25) is 0 Å². The lowest BCUT2D eigenvalue weighted by Crippen LogP contribution is -2.06. The number of benzene rings is 1. The average molecular weight is 216 g/mol. The van der Waals surface area contributed by atoms with E-state index in [0.717, 1.165) is 23.7 Å². The quantitative estimate of drug-likeness (QED) is 0.771. The minimum Gasteiger partial charge on any atom is -0.399 e. The van der Waals surface area contributed by atoms with Gasteiger partial charge in [0, 0.05) is 31.7 Å². The number of imidazole rings is 1. The Morgan fingerprint density at radius 3 is 2.94 bits per heavy atom. The maximum absolute atomic E-state index is 5.85. The van der Waals surface area contributed by atoms with Crippen molar-refractivity contribution in [3.8, 4) is 0 Å². The number of hydrogen-bond acceptors (Lipinski definition) is 3. The third-order valence-corrected chi connectivity index (χ3v) is 2.75. The van der Waals surface area contributed by atoms with E-state index in [2.05, 4.69) is 16.4 Å². The molecule has 0 saturated heterocycles. The van der Waals surface area contributed by atoms with Crippen molar-refractivity contribution in [1.82, 2.24) is 9.55 Å². The fourth-order valence-electron chi connectivity index (χ4n) is 1.61. The summed E-state index contributed by atoms with van der Waals surface area (Å²) in [5.74, 6) is 0.863. The molecule has 0 bridgehead atoms. The van der Waals surface area contributed by atoms with E-state index in [1.54, 1.807) is 6.20 Å². The van der Waals surface area contributed by atoms with Gasteiger partial charge in [-0.3, -0.25) is 0 Å². The highest BCUT2D eigenvalue weighted by Crippen LogP contribution is 2.16. The molecule has 0 spiro atoms. The van der Waals surface area contributed by atoms with Gasteiger partial charge in [0.15, 0.2) is 0 Å². The number of aromatic nitrogens is 2. The Balaban J connectivity index is 2.11.